The maximum absolute atomic E-state index is 10.8. The number of nitrogens with zero attached hydrogens (tertiary/aromatic N) is 2. The van der Waals surface area contributed by atoms with Gasteiger partial charge in [-0.3, -0.25) is 10.1 Å². The van der Waals surface area contributed by atoms with Crippen molar-refractivity contribution < 1.29 is 10.0 Å². The number of aromatic nitrogens is 1. The van der Waals surface area contributed by atoms with Crippen LogP contribution in [0.1, 0.15) is 0 Å². The van der Waals surface area contributed by atoms with Gasteiger partial charge in [-0.2, -0.15) is 0 Å². The van der Waals surface area contributed by atoms with Crippen LogP contribution in [0.5, 0.6) is 5.75 Å². The molecule has 0 aliphatic heterocycles. The maximum atomic E-state index is 10.8. The lowest BCUT2D eigenvalue weighted by Gasteiger charge is -2.06. The van der Waals surface area contributed by atoms with E-state index < -0.39 is 10.6 Å². The highest BCUT2D eigenvalue weighted by molar-refractivity contribution is 5.92. The minimum atomic E-state index is -0.652. The largest absolute Gasteiger partial charge is 0.502 e. The van der Waals surface area contributed by atoms with E-state index >= 15 is 0 Å². The van der Waals surface area contributed by atoms with Crippen molar-refractivity contribution in [2.75, 3.05) is 12.4 Å². The van der Waals surface area contributed by atoms with Crippen LogP contribution >= 0.6 is 0 Å². The number of rotatable bonds is 2. The van der Waals surface area contributed by atoms with Gasteiger partial charge in [-0.05, 0) is 12.1 Å². The van der Waals surface area contributed by atoms with Crippen LogP contribution in [-0.2, 0) is 0 Å². The summed E-state index contributed by atoms with van der Waals surface area (Å²) in [5, 5.41) is 23.6. The van der Waals surface area contributed by atoms with Crippen LogP contribution in [0.25, 0.3) is 10.9 Å². The van der Waals surface area contributed by atoms with Crippen LogP contribution in [0.4, 0.5) is 11.5 Å². The smallest absolute Gasteiger partial charge is 0.353 e. The molecule has 0 bridgehead atoms. The average Bonchev–Trinajstić information content (AvgIpc) is 2.28. The number of hydrogen-bond donors (Lipinski definition) is 2. The van der Waals surface area contributed by atoms with Crippen molar-refractivity contribution in [3.05, 3.63) is 34.4 Å². The molecule has 1 aromatic heterocycles. The van der Waals surface area contributed by atoms with Gasteiger partial charge in [-0.25, -0.2) is 4.98 Å². The second kappa shape index (κ2) is 3.65. The first kappa shape index (κ1) is 10.2. The van der Waals surface area contributed by atoms with Crippen molar-refractivity contribution in [2.45, 2.75) is 0 Å². The van der Waals surface area contributed by atoms with Crippen LogP contribution in [0.3, 0.4) is 0 Å². The number of anilines is 1. The minimum absolute atomic E-state index is 0.0567. The molecule has 0 radical (unpaired) electrons. The van der Waals surface area contributed by atoms with Crippen molar-refractivity contribution in [3.63, 3.8) is 0 Å². The highest BCUT2D eigenvalue weighted by atomic mass is 16.6. The summed E-state index contributed by atoms with van der Waals surface area (Å²) in [6, 6.07) is 6.70. The number of pyridine rings is 1. The zero-order chi connectivity index (χ0) is 11.7. The molecule has 1 heterocycles. The Kier molecular flexibility index (Phi) is 2.32. The second-order valence-corrected chi connectivity index (χ2v) is 3.18. The fraction of sp³-hybridized carbons (Fsp3) is 0.100. The molecule has 0 aliphatic rings. The second-order valence-electron chi connectivity index (χ2n) is 3.18. The molecule has 2 N–H and O–H groups in total. The zero-order valence-electron chi connectivity index (χ0n) is 8.47. The molecule has 0 fully saturated rings. The summed E-state index contributed by atoms with van der Waals surface area (Å²) in [5.74, 6) is -0.304. The van der Waals surface area contributed by atoms with Gasteiger partial charge in [-0.15, -0.1) is 0 Å². The van der Waals surface area contributed by atoms with Gasteiger partial charge in [0.1, 0.15) is 0 Å². The monoisotopic (exact) mass is 219 g/mol. The molecule has 0 aliphatic carbocycles. The van der Waals surface area contributed by atoms with Gasteiger partial charge in [-0.1, -0.05) is 12.1 Å². The summed E-state index contributed by atoms with van der Waals surface area (Å²) in [7, 11) is 1.52. The van der Waals surface area contributed by atoms with Gasteiger partial charge in [0.05, 0.1) is 10.4 Å². The van der Waals surface area contributed by atoms with E-state index in [1.54, 1.807) is 24.3 Å². The van der Waals surface area contributed by atoms with Crippen LogP contribution in [0.2, 0.25) is 0 Å². The molecule has 82 valence electrons. The van der Waals surface area contributed by atoms with Crippen LogP contribution in [0, 0.1) is 10.1 Å². The minimum Gasteiger partial charge on any atom is -0.502 e. The molecule has 0 spiro atoms. The average molecular weight is 219 g/mol. The van der Waals surface area contributed by atoms with Crippen LogP contribution in [-0.4, -0.2) is 22.1 Å². The summed E-state index contributed by atoms with van der Waals surface area (Å²) < 4.78 is 0. The number of nitrogens with one attached hydrogen (secondary N) is 1. The van der Waals surface area contributed by atoms with E-state index in [1.165, 1.54) is 7.05 Å². The molecule has 2 aromatic rings. The molecule has 6 nitrogen and oxygen atoms in total. The molecule has 0 atom stereocenters. The number of benzene rings is 1. The molecule has 16 heavy (non-hydrogen) atoms. The van der Waals surface area contributed by atoms with Crippen molar-refractivity contribution in [3.8, 4) is 5.75 Å². The number of aromatic hydroxyl groups is 1. The Hall–Kier alpha value is -2.37. The van der Waals surface area contributed by atoms with Crippen LogP contribution < -0.4 is 5.32 Å². The Balaban J connectivity index is 2.87. The lowest BCUT2D eigenvalue weighted by atomic mass is 10.2. The Morgan fingerprint density at radius 1 is 1.44 bits per heavy atom. The predicted molar refractivity (Wildman–Crippen MR) is 59.6 cm³/mol. The van der Waals surface area contributed by atoms with E-state index in [1.807, 2.05) is 0 Å². The topological polar surface area (TPSA) is 88.3 Å². The third-order valence-corrected chi connectivity index (χ3v) is 2.26. The third-order valence-electron chi connectivity index (χ3n) is 2.26. The van der Waals surface area contributed by atoms with Gasteiger partial charge < -0.3 is 10.4 Å². The molecule has 0 saturated carbocycles. The van der Waals surface area contributed by atoms with E-state index in [-0.39, 0.29) is 11.6 Å². The summed E-state index contributed by atoms with van der Waals surface area (Å²) in [6.07, 6.45) is 0. The molecular weight excluding hydrogens is 210 g/mol. The molecule has 1 aromatic carbocycles. The number of nitro groups is 1. The molecular formula is C10H9N3O3. The normalized spacial score (nSPS) is 10.3. The van der Waals surface area contributed by atoms with E-state index in [2.05, 4.69) is 10.3 Å². The molecule has 0 unspecified atom stereocenters. The zero-order valence-corrected chi connectivity index (χ0v) is 8.47. The predicted octanol–water partition coefficient (Wildman–Crippen LogP) is 1.89. The first-order valence-electron chi connectivity index (χ1n) is 4.59. The third kappa shape index (κ3) is 1.40. The fourth-order valence-electron chi connectivity index (χ4n) is 1.53. The molecule has 2 rings (SSSR count). The number of fused-ring (bicyclic) bond motifs is 1. The lowest BCUT2D eigenvalue weighted by molar-refractivity contribution is -0.385. The first-order chi connectivity index (χ1) is 7.65. The Morgan fingerprint density at radius 3 is 2.75 bits per heavy atom. The summed E-state index contributed by atoms with van der Waals surface area (Å²) >= 11 is 0. The summed E-state index contributed by atoms with van der Waals surface area (Å²) in [4.78, 5) is 14.2. The van der Waals surface area contributed by atoms with Crippen molar-refractivity contribution in [1.82, 2.24) is 4.98 Å². The van der Waals surface area contributed by atoms with Gasteiger partial charge in [0.25, 0.3) is 0 Å². The quantitative estimate of drug-likeness (QED) is 0.594. The van der Waals surface area contributed by atoms with Crippen molar-refractivity contribution >= 4 is 22.4 Å². The highest BCUT2D eigenvalue weighted by Gasteiger charge is 2.23. The van der Waals surface area contributed by atoms with Crippen molar-refractivity contribution in [1.29, 1.82) is 0 Å². The van der Waals surface area contributed by atoms with Crippen LogP contribution in [0.15, 0.2) is 24.3 Å². The van der Waals surface area contributed by atoms with E-state index in [9.17, 15) is 15.2 Å². The van der Waals surface area contributed by atoms with Gasteiger partial charge in [0.15, 0.2) is 0 Å². The van der Waals surface area contributed by atoms with Gasteiger partial charge in [0.2, 0.25) is 11.6 Å². The fourth-order valence-corrected chi connectivity index (χ4v) is 1.53. The Labute approximate surface area is 90.7 Å². The molecule has 6 heteroatoms. The number of hydrogen-bond acceptors (Lipinski definition) is 5. The van der Waals surface area contributed by atoms with Gasteiger partial charge >= 0.3 is 5.69 Å². The SMILES string of the molecule is CNc1nc2ccccc2c(O)c1[N+](=O)[O-]. The Morgan fingerprint density at radius 2 is 2.12 bits per heavy atom. The highest BCUT2D eigenvalue weighted by Crippen LogP contribution is 2.38. The van der Waals surface area contributed by atoms with E-state index in [4.69, 9.17) is 0 Å². The van der Waals surface area contributed by atoms with Crippen molar-refractivity contribution in [2.24, 2.45) is 0 Å². The first-order valence-corrected chi connectivity index (χ1v) is 4.59. The maximum Gasteiger partial charge on any atom is 0.353 e. The Bertz CT molecular complexity index is 568. The van der Waals surface area contributed by atoms with E-state index in [0.717, 1.165) is 0 Å². The standard InChI is InChI=1S/C10H9N3O3/c1-11-10-8(13(15)16)9(14)6-4-2-3-5-7(6)12-10/h2-5H,1H3,(H2,11,12,14). The summed E-state index contributed by atoms with van der Waals surface area (Å²) in [6.45, 7) is 0. The lowest BCUT2D eigenvalue weighted by Crippen LogP contribution is -2.00. The van der Waals surface area contributed by atoms with Gasteiger partial charge in [0, 0.05) is 12.4 Å². The molecule has 0 saturated heterocycles. The summed E-state index contributed by atoms with van der Waals surface area (Å²) in [5.41, 5.74) is 0.108. The molecule has 0 amide bonds. The van der Waals surface area contributed by atoms with E-state index in [0.29, 0.717) is 10.9 Å². The number of para-hydroxylation sites is 1.